The molecule has 0 saturated carbocycles. The highest BCUT2D eigenvalue weighted by molar-refractivity contribution is 7.09. The van der Waals surface area contributed by atoms with Crippen molar-refractivity contribution in [3.05, 3.63) is 34.7 Å². The second-order valence-electron chi connectivity index (χ2n) is 3.62. The van der Waals surface area contributed by atoms with E-state index in [0.717, 1.165) is 16.3 Å². The van der Waals surface area contributed by atoms with Gasteiger partial charge in [-0.15, -0.1) is 11.3 Å². The normalized spacial score (nSPS) is 10.7. The molecule has 0 aliphatic rings. The van der Waals surface area contributed by atoms with Crippen LogP contribution in [0.15, 0.2) is 29.6 Å². The fourth-order valence-electron chi connectivity index (χ4n) is 1.45. The number of amides is 1. The van der Waals surface area contributed by atoms with Gasteiger partial charge in [0, 0.05) is 16.6 Å². The van der Waals surface area contributed by atoms with Gasteiger partial charge in [0.05, 0.1) is 10.7 Å². The molecule has 2 rings (SSSR count). The SMILES string of the molecule is Cc1nc(-c2cccc(NC(=O)C(F)F)c2)cs1. The Labute approximate surface area is 106 Å². The van der Waals surface area contributed by atoms with E-state index in [1.807, 2.05) is 18.4 Å². The van der Waals surface area contributed by atoms with Gasteiger partial charge in [-0.25, -0.2) is 4.98 Å². The predicted molar refractivity (Wildman–Crippen MR) is 66.9 cm³/mol. The Hall–Kier alpha value is -1.82. The minimum absolute atomic E-state index is 0.337. The number of benzene rings is 1. The molecule has 18 heavy (non-hydrogen) atoms. The number of aromatic nitrogens is 1. The second-order valence-corrected chi connectivity index (χ2v) is 4.68. The molecule has 0 bridgehead atoms. The van der Waals surface area contributed by atoms with Gasteiger partial charge in [0.1, 0.15) is 0 Å². The molecule has 94 valence electrons. The van der Waals surface area contributed by atoms with Crippen LogP contribution in [0.1, 0.15) is 5.01 Å². The second kappa shape index (κ2) is 5.22. The van der Waals surface area contributed by atoms with Crippen molar-refractivity contribution in [2.75, 3.05) is 5.32 Å². The third-order valence-electron chi connectivity index (χ3n) is 2.24. The largest absolute Gasteiger partial charge is 0.321 e. The van der Waals surface area contributed by atoms with Gasteiger partial charge in [0.2, 0.25) is 0 Å². The summed E-state index contributed by atoms with van der Waals surface area (Å²) in [6.45, 7) is 1.89. The van der Waals surface area contributed by atoms with Crippen molar-refractivity contribution in [2.24, 2.45) is 0 Å². The minimum Gasteiger partial charge on any atom is -0.321 e. The zero-order valence-electron chi connectivity index (χ0n) is 9.48. The minimum atomic E-state index is -3.02. The molecule has 0 atom stereocenters. The number of carbonyl (C=O) groups excluding carboxylic acids is 1. The molecular formula is C12H10F2N2OS. The number of aryl methyl sites for hydroxylation is 1. The highest BCUT2D eigenvalue weighted by Gasteiger charge is 2.15. The Morgan fingerprint density at radius 2 is 2.22 bits per heavy atom. The zero-order chi connectivity index (χ0) is 13.1. The molecule has 1 N–H and O–H groups in total. The number of halogens is 2. The summed E-state index contributed by atoms with van der Waals surface area (Å²) in [4.78, 5) is 15.2. The number of alkyl halides is 2. The van der Waals surface area contributed by atoms with Crippen LogP contribution in [0.5, 0.6) is 0 Å². The van der Waals surface area contributed by atoms with Crippen molar-refractivity contribution in [3.63, 3.8) is 0 Å². The molecule has 2 aromatic rings. The number of nitrogens with one attached hydrogen (secondary N) is 1. The van der Waals surface area contributed by atoms with Crippen LogP contribution in [0.2, 0.25) is 0 Å². The molecule has 3 nitrogen and oxygen atoms in total. The first-order chi connectivity index (χ1) is 8.56. The topological polar surface area (TPSA) is 42.0 Å². The molecule has 1 aromatic heterocycles. The maximum atomic E-state index is 12.1. The van der Waals surface area contributed by atoms with Crippen molar-refractivity contribution in [1.82, 2.24) is 4.98 Å². The van der Waals surface area contributed by atoms with E-state index in [1.165, 1.54) is 11.3 Å². The van der Waals surface area contributed by atoms with E-state index in [2.05, 4.69) is 10.3 Å². The third kappa shape index (κ3) is 2.89. The van der Waals surface area contributed by atoms with E-state index in [0.29, 0.717) is 5.69 Å². The van der Waals surface area contributed by atoms with E-state index in [-0.39, 0.29) is 0 Å². The molecule has 0 radical (unpaired) electrons. The number of anilines is 1. The molecule has 0 aliphatic heterocycles. The summed E-state index contributed by atoms with van der Waals surface area (Å²) in [6, 6.07) is 6.68. The zero-order valence-corrected chi connectivity index (χ0v) is 10.3. The summed E-state index contributed by atoms with van der Waals surface area (Å²) in [5.74, 6) is -1.30. The van der Waals surface area contributed by atoms with E-state index in [9.17, 15) is 13.6 Å². The Morgan fingerprint density at radius 3 is 2.83 bits per heavy atom. The molecule has 0 unspecified atom stereocenters. The molecule has 0 spiro atoms. The van der Waals surface area contributed by atoms with Crippen LogP contribution in [0.25, 0.3) is 11.3 Å². The quantitative estimate of drug-likeness (QED) is 0.927. The average molecular weight is 268 g/mol. The summed E-state index contributed by atoms with van der Waals surface area (Å²) in [7, 11) is 0. The number of hydrogen-bond donors (Lipinski definition) is 1. The van der Waals surface area contributed by atoms with E-state index >= 15 is 0 Å². The Bertz CT molecular complexity index is 569. The molecule has 0 aliphatic carbocycles. The van der Waals surface area contributed by atoms with Crippen molar-refractivity contribution < 1.29 is 13.6 Å². The maximum Gasteiger partial charge on any atom is 0.315 e. The van der Waals surface area contributed by atoms with E-state index in [1.54, 1.807) is 18.2 Å². The van der Waals surface area contributed by atoms with Gasteiger partial charge in [0.25, 0.3) is 5.91 Å². The van der Waals surface area contributed by atoms with Crippen LogP contribution >= 0.6 is 11.3 Å². The number of hydrogen-bond acceptors (Lipinski definition) is 3. The van der Waals surface area contributed by atoms with Gasteiger partial charge in [-0.2, -0.15) is 8.78 Å². The summed E-state index contributed by atoms with van der Waals surface area (Å²) in [5.41, 5.74) is 1.89. The lowest BCUT2D eigenvalue weighted by molar-refractivity contribution is -0.126. The predicted octanol–water partition coefficient (Wildman–Crippen LogP) is 3.32. The van der Waals surface area contributed by atoms with Crippen LogP contribution in [0.4, 0.5) is 14.5 Å². The Morgan fingerprint density at radius 1 is 1.44 bits per heavy atom. The van der Waals surface area contributed by atoms with Crippen LogP contribution in [0, 0.1) is 6.92 Å². The lowest BCUT2D eigenvalue weighted by atomic mass is 10.1. The number of nitrogens with zero attached hydrogens (tertiary/aromatic N) is 1. The molecule has 1 aromatic carbocycles. The van der Waals surface area contributed by atoms with Gasteiger partial charge in [-0.1, -0.05) is 12.1 Å². The fourth-order valence-corrected chi connectivity index (χ4v) is 2.07. The van der Waals surface area contributed by atoms with Gasteiger partial charge in [-0.05, 0) is 19.1 Å². The highest BCUT2D eigenvalue weighted by atomic mass is 32.1. The van der Waals surface area contributed by atoms with Crippen molar-refractivity contribution >= 4 is 22.9 Å². The van der Waals surface area contributed by atoms with Crippen LogP contribution < -0.4 is 5.32 Å². The number of thiazole rings is 1. The lowest BCUT2D eigenvalue weighted by Gasteiger charge is -2.05. The first-order valence-corrected chi connectivity index (χ1v) is 6.06. The van der Waals surface area contributed by atoms with Gasteiger partial charge in [-0.3, -0.25) is 4.79 Å². The smallest absolute Gasteiger partial charge is 0.315 e. The molecule has 1 heterocycles. The van der Waals surface area contributed by atoms with Crippen molar-refractivity contribution in [1.29, 1.82) is 0 Å². The van der Waals surface area contributed by atoms with Gasteiger partial charge in [0.15, 0.2) is 0 Å². The highest BCUT2D eigenvalue weighted by Crippen LogP contribution is 2.24. The monoisotopic (exact) mass is 268 g/mol. The first-order valence-electron chi connectivity index (χ1n) is 5.18. The average Bonchev–Trinajstić information content (AvgIpc) is 2.76. The molecule has 0 saturated heterocycles. The maximum absolute atomic E-state index is 12.1. The standard InChI is InChI=1S/C12H10F2N2OS/c1-7-15-10(6-18-7)8-3-2-4-9(5-8)16-12(17)11(13)14/h2-6,11H,1H3,(H,16,17). The number of carbonyl (C=O) groups is 1. The molecular weight excluding hydrogens is 258 g/mol. The summed E-state index contributed by atoms with van der Waals surface area (Å²) in [5, 5.41) is 4.95. The van der Waals surface area contributed by atoms with E-state index in [4.69, 9.17) is 0 Å². The van der Waals surface area contributed by atoms with Crippen LogP contribution in [-0.4, -0.2) is 17.3 Å². The summed E-state index contributed by atoms with van der Waals surface area (Å²) >= 11 is 1.51. The third-order valence-corrected chi connectivity index (χ3v) is 3.02. The van der Waals surface area contributed by atoms with Crippen LogP contribution in [0.3, 0.4) is 0 Å². The van der Waals surface area contributed by atoms with E-state index < -0.39 is 12.3 Å². The fraction of sp³-hybridized carbons (Fsp3) is 0.167. The number of rotatable bonds is 3. The molecule has 1 amide bonds. The Kier molecular flexibility index (Phi) is 3.66. The summed E-state index contributed by atoms with van der Waals surface area (Å²) < 4.78 is 24.2. The van der Waals surface area contributed by atoms with Crippen molar-refractivity contribution in [3.8, 4) is 11.3 Å². The summed E-state index contributed by atoms with van der Waals surface area (Å²) in [6.07, 6.45) is -3.02. The van der Waals surface area contributed by atoms with Gasteiger partial charge >= 0.3 is 6.43 Å². The van der Waals surface area contributed by atoms with Gasteiger partial charge < -0.3 is 5.32 Å². The van der Waals surface area contributed by atoms with Crippen molar-refractivity contribution in [2.45, 2.75) is 13.3 Å². The lowest BCUT2D eigenvalue weighted by Crippen LogP contribution is -2.19. The molecule has 0 fully saturated rings. The van der Waals surface area contributed by atoms with Crippen LogP contribution in [-0.2, 0) is 4.79 Å². The molecule has 6 heteroatoms. The first kappa shape index (κ1) is 12.6. The Balaban J connectivity index is 2.23.